The molecule has 0 fully saturated rings. The molecule has 2 aromatic carbocycles. The Morgan fingerprint density at radius 1 is 1.15 bits per heavy atom. The molecule has 104 valence electrons. The van der Waals surface area contributed by atoms with Gasteiger partial charge in [-0.1, -0.05) is 24.3 Å². The first-order valence-electron chi connectivity index (χ1n) is 7.10. The van der Waals surface area contributed by atoms with Crippen molar-refractivity contribution in [3.63, 3.8) is 0 Å². The fraction of sp³-hybridized carbons (Fsp3) is 0.294. The Labute approximate surface area is 119 Å². The summed E-state index contributed by atoms with van der Waals surface area (Å²) in [5.74, 6) is -0.188. The summed E-state index contributed by atoms with van der Waals surface area (Å²) in [5.41, 5.74) is 3.79. The van der Waals surface area contributed by atoms with E-state index >= 15 is 0 Å². The monoisotopic (exact) mass is 270 g/mol. The van der Waals surface area contributed by atoms with E-state index < -0.39 is 0 Å². The van der Waals surface area contributed by atoms with E-state index in [1.807, 2.05) is 12.1 Å². The number of nitrogens with zero attached hydrogens (tertiary/aromatic N) is 1. The molecule has 1 N–H and O–H groups in total. The fourth-order valence-electron chi connectivity index (χ4n) is 2.97. The van der Waals surface area contributed by atoms with E-state index in [1.165, 1.54) is 23.3 Å². The standard InChI is InChI=1S/C17H19FN2/c1-2-20(15-9-7-14(18)8-10-15)17-12-19-11-13-5-3-4-6-16(13)17/h3-10,17,19H,2,11-12H2,1H3. The van der Waals surface area contributed by atoms with Crippen LogP contribution in [0.3, 0.4) is 0 Å². The molecule has 2 nitrogen and oxygen atoms in total. The molecule has 20 heavy (non-hydrogen) atoms. The zero-order valence-corrected chi connectivity index (χ0v) is 11.6. The third kappa shape index (κ3) is 2.41. The van der Waals surface area contributed by atoms with Crippen molar-refractivity contribution >= 4 is 5.69 Å². The average molecular weight is 270 g/mol. The van der Waals surface area contributed by atoms with Gasteiger partial charge >= 0.3 is 0 Å². The number of likely N-dealkylation sites (N-methyl/N-ethyl adjacent to an activating group) is 1. The molecule has 1 heterocycles. The summed E-state index contributed by atoms with van der Waals surface area (Å²) in [4.78, 5) is 2.32. The minimum Gasteiger partial charge on any atom is -0.363 e. The van der Waals surface area contributed by atoms with Gasteiger partial charge in [-0.05, 0) is 42.3 Å². The van der Waals surface area contributed by atoms with E-state index in [0.717, 1.165) is 25.3 Å². The first-order chi connectivity index (χ1) is 9.79. The van der Waals surface area contributed by atoms with Gasteiger partial charge in [-0.3, -0.25) is 0 Å². The Kier molecular flexibility index (Phi) is 3.70. The third-order valence-corrected chi connectivity index (χ3v) is 3.94. The number of rotatable bonds is 3. The first kappa shape index (κ1) is 13.1. The van der Waals surface area contributed by atoms with Crippen LogP contribution < -0.4 is 10.2 Å². The predicted molar refractivity (Wildman–Crippen MR) is 80.3 cm³/mol. The second kappa shape index (κ2) is 5.63. The van der Waals surface area contributed by atoms with Gasteiger partial charge in [0.1, 0.15) is 5.82 Å². The minimum absolute atomic E-state index is 0.188. The van der Waals surface area contributed by atoms with Crippen molar-refractivity contribution < 1.29 is 4.39 Å². The highest BCUT2D eigenvalue weighted by Crippen LogP contribution is 2.31. The average Bonchev–Trinajstić information content (AvgIpc) is 2.50. The lowest BCUT2D eigenvalue weighted by atomic mass is 9.95. The van der Waals surface area contributed by atoms with Crippen LogP contribution in [0.5, 0.6) is 0 Å². The number of hydrogen-bond acceptors (Lipinski definition) is 2. The van der Waals surface area contributed by atoms with Crippen LogP contribution in [0.1, 0.15) is 24.1 Å². The Morgan fingerprint density at radius 3 is 2.65 bits per heavy atom. The van der Waals surface area contributed by atoms with Crippen molar-refractivity contribution in [1.29, 1.82) is 0 Å². The molecule has 0 saturated carbocycles. The molecule has 1 aliphatic heterocycles. The molecule has 0 bridgehead atoms. The van der Waals surface area contributed by atoms with Gasteiger partial charge in [-0.25, -0.2) is 4.39 Å². The summed E-state index contributed by atoms with van der Waals surface area (Å²) < 4.78 is 13.1. The third-order valence-electron chi connectivity index (χ3n) is 3.94. The molecule has 0 spiro atoms. The normalized spacial score (nSPS) is 17.6. The lowest BCUT2D eigenvalue weighted by molar-refractivity contribution is 0.519. The summed E-state index contributed by atoms with van der Waals surface area (Å²) in [7, 11) is 0. The van der Waals surface area contributed by atoms with Crippen molar-refractivity contribution in [3.05, 3.63) is 65.5 Å². The molecule has 0 aliphatic carbocycles. The largest absolute Gasteiger partial charge is 0.363 e. The number of halogens is 1. The number of nitrogens with one attached hydrogen (secondary N) is 1. The van der Waals surface area contributed by atoms with E-state index in [9.17, 15) is 4.39 Å². The van der Waals surface area contributed by atoms with Gasteiger partial charge in [-0.2, -0.15) is 0 Å². The van der Waals surface area contributed by atoms with Crippen molar-refractivity contribution in [2.24, 2.45) is 0 Å². The summed E-state index contributed by atoms with van der Waals surface area (Å²) >= 11 is 0. The number of benzene rings is 2. The van der Waals surface area contributed by atoms with E-state index in [2.05, 4.69) is 41.4 Å². The Morgan fingerprint density at radius 2 is 1.90 bits per heavy atom. The maximum Gasteiger partial charge on any atom is 0.123 e. The zero-order chi connectivity index (χ0) is 13.9. The highest BCUT2D eigenvalue weighted by molar-refractivity contribution is 5.50. The first-order valence-corrected chi connectivity index (χ1v) is 7.10. The van der Waals surface area contributed by atoms with Crippen LogP contribution in [0.4, 0.5) is 10.1 Å². The molecule has 3 rings (SSSR count). The molecule has 3 heteroatoms. The van der Waals surface area contributed by atoms with Gasteiger partial charge in [0.15, 0.2) is 0 Å². The minimum atomic E-state index is -0.188. The lowest BCUT2D eigenvalue weighted by Crippen LogP contribution is -2.39. The topological polar surface area (TPSA) is 15.3 Å². The number of hydrogen-bond donors (Lipinski definition) is 1. The Hall–Kier alpha value is -1.87. The number of anilines is 1. The Balaban J connectivity index is 1.96. The zero-order valence-electron chi connectivity index (χ0n) is 11.6. The molecular formula is C17H19FN2. The summed E-state index contributed by atoms with van der Waals surface area (Å²) in [5, 5.41) is 3.47. The van der Waals surface area contributed by atoms with E-state index in [4.69, 9.17) is 0 Å². The molecule has 1 unspecified atom stereocenters. The summed E-state index contributed by atoms with van der Waals surface area (Å²) in [6.07, 6.45) is 0. The maximum atomic E-state index is 13.1. The Bertz CT molecular complexity index is 580. The van der Waals surface area contributed by atoms with Gasteiger partial charge in [0.25, 0.3) is 0 Å². The molecule has 0 aromatic heterocycles. The van der Waals surface area contributed by atoms with Crippen molar-refractivity contribution in [2.45, 2.75) is 19.5 Å². The smallest absolute Gasteiger partial charge is 0.123 e. The molecule has 1 aliphatic rings. The highest BCUT2D eigenvalue weighted by Gasteiger charge is 2.24. The predicted octanol–water partition coefficient (Wildman–Crippen LogP) is 3.50. The van der Waals surface area contributed by atoms with Crippen LogP contribution in [0.2, 0.25) is 0 Å². The van der Waals surface area contributed by atoms with Crippen LogP contribution in [0.25, 0.3) is 0 Å². The molecule has 0 amide bonds. The summed E-state index contributed by atoms with van der Waals surface area (Å²) in [6.45, 7) is 4.88. The maximum absolute atomic E-state index is 13.1. The SMILES string of the molecule is CCN(c1ccc(F)cc1)C1CNCc2ccccc21. The van der Waals surface area contributed by atoms with Gasteiger partial charge < -0.3 is 10.2 Å². The van der Waals surface area contributed by atoms with Crippen LogP contribution in [-0.4, -0.2) is 13.1 Å². The van der Waals surface area contributed by atoms with E-state index in [-0.39, 0.29) is 5.82 Å². The highest BCUT2D eigenvalue weighted by atomic mass is 19.1. The lowest BCUT2D eigenvalue weighted by Gasteiger charge is -2.37. The van der Waals surface area contributed by atoms with Crippen LogP contribution >= 0.6 is 0 Å². The molecule has 1 atom stereocenters. The van der Waals surface area contributed by atoms with Crippen LogP contribution in [0, 0.1) is 5.82 Å². The molecule has 0 radical (unpaired) electrons. The van der Waals surface area contributed by atoms with Gasteiger partial charge in [0.05, 0.1) is 6.04 Å². The van der Waals surface area contributed by atoms with Crippen molar-refractivity contribution in [1.82, 2.24) is 5.32 Å². The second-order valence-corrected chi connectivity index (χ2v) is 5.11. The molecule has 2 aromatic rings. The van der Waals surface area contributed by atoms with Crippen LogP contribution in [-0.2, 0) is 6.54 Å². The van der Waals surface area contributed by atoms with Gasteiger partial charge in [-0.15, -0.1) is 0 Å². The van der Waals surface area contributed by atoms with E-state index in [1.54, 1.807) is 0 Å². The molecule has 0 saturated heterocycles. The van der Waals surface area contributed by atoms with Gasteiger partial charge in [0.2, 0.25) is 0 Å². The second-order valence-electron chi connectivity index (χ2n) is 5.11. The number of fused-ring (bicyclic) bond motifs is 1. The van der Waals surface area contributed by atoms with Gasteiger partial charge in [0, 0.05) is 25.3 Å². The quantitative estimate of drug-likeness (QED) is 0.918. The van der Waals surface area contributed by atoms with Crippen LogP contribution in [0.15, 0.2) is 48.5 Å². The fourth-order valence-corrected chi connectivity index (χ4v) is 2.97. The van der Waals surface area contributed by atoms with Crippen molar-refractivity contribution in [2.75, 3.05) is 18.0 Å². The van der Waals surface area contributed by atoms with Crippen molar-refractivity contribution in [3.8, 4) is 0 Å². The van der Waals surface area contributed by atoms with E-state index in [0.29, 0.717) is 6.04 Å². The summed E-state index contributed by atoms with van der Waals surface area (Å²) in [6, 6.07) is 15.6. The molecular weight excluding hydrogens is 251 g/mol.